The average Bonchev–Trinajstić information content (AvgIpc) is 2.49. The Balaban J connectivity index is 1.98. The molecule has 7 heteroatoms. The van der Waals surface area contributed by atoms with Crippen molar-refractivity contribution in [1.82, 2.24) is 4.31 Å². The van der Waals surface area contributed by atoms with Crippen molar-refractivity contribution < 1.29 is 21.9 Å². The first kappa shape index (κ1) is 16.4. The molecule has 2 rings (SSSR count). The molecular weight excluding hydrogens is 312 g/mol. The highest BCUT2D eigenvalue weighted by Crippen LogP contribution is 2.18. The van der Waals surface area contributed by atoms with E-state index in [0.717, 1.165) is 10.4 Å². The van der Waals surface area contributed by atoms with Gasteiger partial charge in [-0.15, -0.1) is 0 Å². The quantitative estimate of drug-likeness (QED) is 0.819. The standard InChI is InChI=1S/C15H15F2NO3S/c1-18(10-11-21-13-8-6-12(16)7-9-13)22(19,20)15-5-3-2-4-14(15)17/h2-9H,10-11H2,1H3. The van der Waals surface area contributed by atoms with Crippen LogP contribution >= 0.6 is 0 Å². The number of likely N-dealkylation sites (N-methyl/N-ethyl adjacent to an activating group) is 1. The van der Waals surface area contributed by atoms with E-state index < -0.39 is 15.8 Å². The molecule has 0 saturated heterocycles. The maximum Gasteiger partial charge on any atom is 0.245 e. The zero-order chi connectivity index (χ0) is 16.2. The summed E-state index contributed by atoms with van der Waals surface area (Å²) in [6, 6.07) is 10.6. The van der Waals surface area contributed by atoms with Crippen molar-refractivity contribution in [3.8, 4) is 5.75 Å². The Bertz CT molecular complexity index is 733. The molecule has 0 radical (unpaired) electrons. The minimum absolute atomic E-state index is 0.0358. The lowest BCUT2D eigenvalue weighted by atomic mass is 10.3. The first-order valence-corrected chi connectivity index (χ1v) is 7.94. The monoisotopic (exact) mass is 327 g/mol. The lowest BCUT2D eigenvalue weighted by Gasteiger charge is -2.17. The Hall–Kier alpha value is -1.99. The van der Waals surface area contributed by atoms with E-state index in [2.05, 4.69) is 0 Å². The molecule has 0 aromatic heterocycles. The van der Waals surface area contributed by atoms with Crippen LogP contribution in [0.1, 0.15) is 0 Å². The average molecular weight is 327 g/mol. The van der Waals surface area contributed by atoms with Gasteiger partial charge in [-0.05, 0) is 36.4 Å². The lowest BCUT2D eigenvalue weighted by molar-refractivity contribution is 0.286. The van der Waals surface area contributed by atoms with E-state index in [1.807, 2.05) is 0 Å². The van der Waals surface area contributed by atoms with E-state index in [4.69, 9.17) is 4.74 Å². The third kappa shape index (κ3) is 3.80. The van der Waals surface area contributed by atoms with E-state index in [9.17, 15) is 17.2 Å². The summed E-state index contributed by atoms with van der Waals surface area (Å²) >= 11 is 0. The molecule has 0 amide bonds. The molecule has 22 heavy (non-hydrogen) atoms. The molecule has 0 fully saturated rings. The Morgan fingerprint density at radius 1 is 1.05 bits per heavy atom. The third-order valence-electron chi connectivity index (χ3n) is 3.01. The Morgan fingerprint density at radius 2 is 1.68 bits per heavy atom. The molecule has 0 aliphatic rings. The van der Waals surface area contributed by atoms with Gasteiger partial charge in [0, 0.05) is 13.6 Å². The molecule has 0 atom stereocenters. The molecule has 0 aliphatic heterocycles. The van der Waals surface area contributed by atoms with Crippen molar-refractivity contribution in [3.05, 3.63) is 60.2 Å². The van der Waals surface area contributed by atoms with Gasteiger partial charge in [-0.25, -0.2) is 17.2 Å². The molecular formula is C15H15F2NO3S. The number of hydrogen-bond acceptors (Lipinski definition) is 3. The van der Waals surface area contributed by atoms with Crippen molar-refractivity contribution >= 4 is 10.0 Å². The fraction of sp³-hybridized carbons (Fsp3) is 0.200. The normalized spacial score (nSPS) is 11.6. The van der Waals surface area contributed by atoms with Crippen LogP contribution in [0.4, 0.5) is 8.78 Å². The van der Waals surface area contributed by atoms with Gasteiger partial charge in [-0.3, -0.25) is 0 Å². The van der Waals surface area contributed by atoms with Crippen molar-refractivity contribution in [2.24, 2.45) is 0 Å². The Labute approximate surface area is 128 Å². The van der Waals surface area contributed by atoms with E-state index >= 15 is 0 Å². The molecule has 2 aromatic carbocycles. The zero-order valence-corrected chi connectivity index (χ0v) is 12.7. The van der Waals surface area contributed by atoms with Crippen LogP contribution in [-0.4, -0.2) is 32.9 Å². The maximum absolute atomic E-state index is 13.6. The van der Waals surface area contributed by atoms with Crippen LogP contribution in [0.15, 0.2) is 53.4 Å². The summed E-state index contributed by atoms with van der Waals surface area (Å²) in [5.74, 6) is -0.751. The van der Waals surface area contributed by atoms with E-state index in [0.29, 0.717) is 5.75 Å². The predicted octanol–water partition coefficient (Wildman–Crippen LogP) is 2.66. The number of benzene rings is 2. The maximum atomic E-state index is 13.6. The minimum atomic E-state index is -3.91. The van der Waals surface area contributed by atoms with Crippen LogP contribution in [0.2, 0.25) is 0 Å². The molecule has 0 saturated carbocycles. The van der Waals surface area contributed by atoms with Gasteiger partial charge in [0.1, 0.15) is 28.9 Å². The largest absolute Gasteiger partial charge is 0.492 e. The van der Waals surface area contributed by atoms with Crippen molar-refractivity contribution in [1.29, 1.82) is 0 Å². The Morgan fingerprint density at radius 3 is 2.32 bits per heavy atom. The van der Waals surface area contributed by atoms with Crippen LogP contribution in [0, 0.1) is 11.6 Å². The van der Waals surface area contributed by atoms with Gasteiger partial charge in [0.05, 0.1) is 0 Å². The fourth-order valence-electron chi connectivity index (χ4n) is 1.76. The van der Waals surface area contributed by atoms with Crippen LogP contribution in [0.3, 0.4) is 0 Å². The third-order valence-corrected chi connectivity index (χ3v) is 4.90. The van der Waals surface area contributed by atoms with Crippen molar-refractivity contribution in [2.45, 2.75) is 4.90 Å². The number of hydrogen-bond donors (Lipinski definition) is 0. The summed E-state index contributed by atoms with van der Waals surface area (Å²) in [5, 5.41) is 0. The van der Waals surface area contributed by atoms with Crippen LogP contribution in [0.25, 0.3) is 0 Å². The minimum Gasteiger partial charge on any atom is -0.492 e. The molecule has 0 heterocycles. The summed E-state index contributed by atoms with van der Waals surface area (Å²) in [7, 11) is -2.57. The molecule has 0 unspecified atom stereocenters. The second-order valence-corrected chi connectivity index (χ2v) is 6.57. The van der Waals surface area contributed by atoms with Crippen LogP contribution < -0.4 is 4.74 Å². The number of halogens is 2. The second-order valence-electron chi connectivity index (χ2n) is 4.56. The first-order valence-electron chi connectivity index (χ1n) is 6.50. The van der Waals surface area contributed by atoms with Gasteiger partial charge in [0.2, 0.25) is 10.0 Å². The molecule has 4 nitrogen and oxygen atoms in total. The highest BCUT2D eigenvalue weighted by Gasteiger charge is 2.23. The van der Waals surface area contributed by atoms with Gasteiger partial charge < -0.3 is 4.74 Å². The molecule has 0 N–H and O–H groups in total. The van der Waals surface area contributed by atoms with E-state index in [-0.39, 0.29) is 23.9 Å². The number of rotatable bonds is 6. The number of ether oxygens (including phenoxy) is 1. The summed E-state index contributed by atoms with van der Waals surface area (Å²) < 4.78 is 57.1. The highest BCUT2D eigenvalue weighted by atomic mass is 32.2. The topological polar surface area (TPSA) is 46.6 Å². The second kappa shape index (κ2) is 6.85. The lowest BCUT2D eigenvalue weighted by Crippen LogP contribution is -2.31. The summed E-state index contributed by atoms with van der Waals surface area (Å²) in [6.45, 7) is 0.101. The molecule has 0 bridgehead atoms. The SMILES string of the molecule is CN(CCOc1ccc(F)cc1)S(=O)(=O)c1ccccc1F. The van der Waals surface area contributed by atoms with Crippen molar-refractivity contribution in [2.75, 3.05) is 20.2 Å². The summed E-state index contributed by atoms with van der Waals surface area (Å²) in [5.41, 5.74) is 0. The van der Waals surface area contributed by atoms with Gasteiger partial charge in [0.15, 0.2) is 0 Å². The highest BCUT2D eigenvalue weighted by molar-refractivity contribution is 7.89. The first-order chi connectivity index (χ1) is 10.4. The smallest absolute Gasteiger partial charge is 0.245 e. The summed E-state index contributed by atoms with van der Waals surface area (Å²) in [4.78, 5) is -0.376. The molecule has 0 aliphatic carbocycles. The van der Waals surface area contributed by atoms with Crippen LogP contribution in [-0.2, 0) is 10.0 Å². The Kier molecular flexibility index (Phi) is 5.10. The molecule has 0 spiro atoms. The predicted molar refractivity (Wildman–Crippen MR) is 78.1 cm³/mol. The number of sulfonamides is 1. The van der Waals surface area contributed by atoms with Crippen molar-refractivity contribution in [3.63, 3.8) is 0 Å². The van der Waals surface area contributed by atoms with E-state index in [1.165, 1.54) is 49.5 Å². The summed E-state index contributed by atoms with van der Waals surface area (Å²) in [6.07, 6.45) is 0. The number of nitrogens with zero attached hydrogens (tertiary/aromatic N) is 1. The zero-order valence-electron chi connectivity index (χ0n) is 11.9. The van der Waals surface area contributed by atoms with Gasteiger partial charge in [-0.1, -0.05) is 12.1 Å². The van der Waals surface area contributed by atoms with Gasteiger partial charge in [-0.2, -0.15) is 4.31 Å². The molecule has 2 aromatic rings. The van der Waals surface area contributed by atoms with E-state index in [1.54, 1.807) is 0 Å². The van der Waals surface area contributed by atoms with Gasteiger partial charge >= 0.3 is 0 Å². The fourth-order valence-corrected chi connectivity index (χ4v) is 2.98. The molecule has 118 valence electrons. The van der Waals surface area contributed by atoms with Gasteiger partial charge in [0.25, 0.3) is 0 Å². The van der Waals surface area contributed by atoms with Crippen LogP contribution in [0.5, 0.6) is 5.75 Å².